The summed E-state index contributed by atoms with van der Waals surface area (Å²) in [5.74, 6) is 3.95. The molecule has 0 spiro atoms. The third kappa shape index (κ3) is 3.29. The predicted octanol–water partition coefficient (Wildman–Crippen LogP) is 5.39. The van der Waals surface area contributed by atoms with Crippen molar-refractivity contribution in [1.82, 2.24) is 0 Å². The van der Waals surface area contributed by atoms with E-state index in [9.17, 15) is 9.90 Å². The summed E-state index contributed by atoms with van der Waals surface area (Å²) in [6.07, 6.45) is 11.3. The highest BCUT2D eigenvalue weighted by Gasteiger charge is 2.61. The Hall–Kier alpha value is -0.410. The first-order valence-corrected chi connectivity index (χ1v) is 11.9. The molecule has 0 saturated heterocycles. The zero-order chi connectivity index (χ0) is 20.3. The molecule has 3 heteroatoms. The van der Waals surface area contributed by atoms with Crippen LogP contribution in [0.2, 0.25) is 0 Å². The van der Waals surface area contributed by atoms with Gasteiger partial charge in [-0.2, -0.15) is 0 Å². The molecule has 0 amide bonds. The van der Waals surface area contributed by atoms with Gasteiger partial charge in [-0.3, -0.25) is 4.79 Å². The number of Topliss-reactive ketones (excluding diaryl/α,β-unsaturated/α-hetero) is 1. The van der Waals surface area contributed by atoms with Gasteiger partial charge in [0, 0.05) is 0 Å². The van der Waals surface area contributed by atoms with E-state index in [-0.39, 0.29) is 18.5 Å². The molecule has 3 unspecified atom stereocenters. The fourth-order valence-electron chi connectivity index (χ4n) is 8.61. The first kappa shape index (κ1) is 20.8. The molecule has 160 valence electrons. The Bertz CT molecular complexity index is 613. The molecule has 28 heavy (non-hydrogen) atoms. The van der Waals surface area contributed by atoms with E-state index in [4.69, 9.17) is 4.74 Å². The molecule has 3 nitrogen and oxygen atoms in total. The molecule has 0 radical (unpaired) electrons. The molecule has 4 aliphatic rings. The SMILES string of the molecule is CC(=O)CO[C@@H](C)[C@H]1CCC2C3CC[C@H]4C[C@@](C)(O)CC[C@]4(C)C3CC[C@@]21C. The number of aliphatic hydroxyl groups is 1. The minimum absolute atomic E-state index is 0.134. The molecular formula is C25H42O3. The summed E-state index contributed by atoms with van der Waals surface area (Å²) in [5.41, 5.74) is 0.365. The number of ketones is 1. The van der Waals surface area contributed by atoms with Crippen molar-refractivity contribution in [3.05, 3.63) is 0 Å². The number of rotatable bonds is 4. The van der Waals surface area contributed by atoms with E-state index in [0.717, 1.165) is 30.6 Å². The first-order valence-electron chi connectivity index (χ1n) is 11.9. The van der Waals surface area contributed by atoms with Crippen LogP contribution in [0.25, 0.3) is 0 Å². The van der Waals surface area contributed by atoms with Crippen molar-refractivity contribution in [3.8, 4) is 0 Å². The minimum Gasteiger partial charge on any atom is -0.390 e. The molecule has 4 rings (SSSR count). The summed E-state index contributed by atoms with van der Waals surface area (Å²) in [5, 5.41) is 10.7. The lowest BCUT2D eigenvalue weighted by Crippen LogP contribution is -2.55. The van der Waals surface area contributed by atoms with Gasteiger partial charge < -0.3 is 9.84 Å². The standard InChI is InChI=1S/C25H42O3/c1-16(26)15-28-17(2)20-8-9-21-19-7-6-18-14-23(3,27)12-13-24(18,4)22(19)10-11-25(20,21)5/h17-22,27H,6-15H2,1-5H3/t17-,18-,19?,20+,21?,22?,23-,24-,25+/m0/s1. The lowest BCUT2D eigenvalue weighted by Gasteiger charge is -2.62. The molecule has 4 saturated carbocycles. The van der Waals surface area contributed by atoms with Crippen LogP contribution in [-0.4, -0.2) is 29.2 Å². The Labute approximate surface area is 172 Å². The van der Waals surface area contributed by atoms with E-state index in [1.54, 1.807) is 6.92 Å². The molecular weight excluding hydrogens is 348 g/mol. The van der Waals surface area contributed by atoms with E-state index in [1.165, 1.54) is 44.9 Å². The van der Waals surface area contributed by atoms with Gasteiger partial charge in [-0.05, 0) is 119 Å². The van der Waals surface area contributed by atoms with Crippen molar-refractivity contribution in [1.29, 1.82) is 0 Å². The summed E-state index contributed by atoms with van der Waals surface area (Å²) in [6.45, 7) is 11.3. The van der Waals surface area contributed by atoms with Crippen LogP contribution in [0.5, 0.6) is 0 Å². The lowest BCUT2D eigenvalue weighted by molar-refractivity contribution is -0.152. The molecule has 4 fully saturated rings. The zero-order valence-corrected chi connectivity index (χ0v) is 18.8. The fraction of sp³-hybridized carbons (Fsp3) is 0.960. The van der Waals surface area contributed by atoms with Crippen LogP contribution in [0.3, 0.4) is 0 Å². The van der Waals surface area contributed by atoms with Gasteiger partial charge in [-0.25, -0.2) is 0 Å². The van der Waals surface area contributed by atoms with Gasteiger partial charge in [0.1, 0.15) is 6.61 Å². The first-order chi connectivity index (χ1) is 13.1. The molecule has 0 aromatic rings. The Kier molecular flexibility index (Phi) is 5.27. The van der Waals surface area contributed by atoms with Gasteiger partial charge in [-0.1, -0.05) is 13.8 Å². The second-order valence-corrected chi connectivity index (χ2v) is 11.8. The Morgan fingerprint density at radius 3 is 2.43 bits per heavy atom. The predicted molar refractivity (Wildman–Crippen MR) is 112 cm³/mol. The third-order valence-electron chi connectivity index (χ3n) is 10.1. The fourth-order valence-corrected chi connectivity index (χ4v) is 8.61. The van der Waals surface area contributed by atoms with Gasteiger partial charge >= 0.3 is 0 Å². The number of carbonyl (C=O) groups is 1. The van der Waals surface area contributed by atoms with Crippen molar-refractivity contribution in [2.24, 2.45) is 40.4 Å². The number of hydrogen-bond acceptors (Lipinski definition) is 3. The van der Waals surface area contributed by atoms with Crippen molar-refractivity contribution >= 4 is 5.78 Å². The van der Waals surface area contributed by atoms with E-state index in [1.807, 2.05) is 0 Å². The molecule has 1 N–H and O–H groups in total. The number of hydrogen-bond donors (Lipinski definition) is 1. The Morgan fingerprint density at radius 1 is 1.00 bits per heavy atom. The molecule has 9 atom stereocenters. The minimum atomic E-state index is -0.442. The maximum Gasteiger partial charge on any atom is 0.155 e. The molecule has 0 aromatic heterocycles. The second-order valence-electron chi connectivity index (χ2n) is 11.8. The third-order valence-corrected chi connectivity index (χ3v) is 10.1. The van der Waals surface area contributed by atoms with E-state index in [0.29, 0.717) is 22.7 Å². The number of carbonyl (C=O) groups excluding carboxylic acids is 1. The van der Waals surface area contributed by atoms with Crippen LogP contribution < -0.4 is 0 Å². The summed E-state index contributed by atoms with van der Waals surface area (Å²) >= 11 is 0. The molecule has 0 heterocycles. The lowest BCUT2D eigenvalue weighted by atomic mass is 9.44. The highest BCUT2D eigenvalue weighted by molar-refractivity contribution is 5.76. The summed E-state index contributed by atoms with van der Waals surface area (Å²) in [6, 6.07) is 0. The van der Waals surface area contributed by atoms with Gasteiger partial charge in [0.2, 0.25) is 0 Å². The van der Waals surface area contributed by atoms with Gasteiger partial charge in [0.15, 0.2) is 5.78 Å². The van der Waals surface area contributed by atoms with Gasteiger partial charge in [0.05, 0.1) is 11.7 Å². The van der Waals surface area contributed by atoms with Crippen LogP contribution >= 0.6 is 0 Å². The Morgan fingerprint density at radius 2 is 1.71 bits per heavy atom. The summed E-state index contributed by atoms with van der Waals surface area (Å²) in [7, 11) is 0. The van der Waals surface area contributed by atoms with E-state index in [2.05, 4.69) is 27.7 Å². The normalized spacial score (nSPS) is 51.7. The maximum absolute atomic E-state index is 11.4. The molecule has 0 bridgehead atoms. The monoisotopic (exact) mass is 390 g/mol. The van der Waals surface area contributed by atoms with Crippen molar-refractivity contribution in [2.75, 3.05) is 6.61 Å². The van der Waals surface area contributed by atoms with Crippen LogP contribution in [0.1, 0.15) is 92.4 Å². The zero-order valence-electron chi connectivity index (χ0n) is 18.8. The van der Waals surface area contributed by atoms with Crippen LogP contribution in [0, 0.1) is 40.4 Å². The van der Waals surface area contributed by atoms with Crippen molar-refractivity contribution in [3.63, 3.8) is 0 Å². The van der Waals surface area contributed by atoms with Crippen LogP contribution in [0.4, 0.5) is 0 Å². The summed E-state index contributed by atoms with van der Waals surface area (Å²) < 4.78 is 5.99. The van der Waals surface area contributed by atoms with Gasteiger partial charge in [0.25, 0.3) is 0 Å². The summed E-state index contributed by atoms with van der Waals surface area (Å²) in [4.78, 5) is 11.4. The topological polar surface area (TPSA) is 46.5 Å². The number of fused-ring (bicyclic) bond motifs is 5. The van der Waals surface area contributed by atoms with Gasteiger partial charge in [-0.15, -0.1) is 0 Å². The van der Waals surface area contributed by atoms with Crippen LogP contribution in [0.15, 0.2) is 0 Å². The maximum atomic E-state index is 11.4. The quantitative estimate of drug-likeness (QED) is 0.700. The molecule has 0 aromatic carbocycles. The van der Waals surface area contributed by atoms with E-state index < -0.39 is 5.60 Å². The van der Waals surface area contributed by atoms with Crippen molar-refractivity contribution < 1.29 is 14.6 Å². The molecule has 4 aliphatic carbocycles. The average Bonchev–Trinajstić information content (AvgIpc) is 2.97. The smallest absolute Gasteiger partial charge is 0.155 e. The molecule has 0 aliphatic heterocycles. The highest BCUT2D eigenvalue weighted by Crippen LogP contribution is 2.68. The Balaban J connectivity index is 1.51. The highest BCUT2D eigenvalue weighted by atomic mass is 16.5. The van der Waals surface area contributed by atoms with Crippen molar-refractivity contribution in [2.45, 2.75) is 104 Å². The van der Waals surface area contributed by atoms with Crippen LogP contribution in [-0.2, 0) is 9.53 Å². The number of ether oxygens (including phenoxy) is 1. The second kappa shape index (κ2) is 7.08. The van der Waals surface area contributed by atoms with E-state index >= 15 is 0 Å². The largest absolute Gasteiger partial charge is 0.390 e. The average molecular weight is 391 g/mol.